The molecular formula is C18H21N3O3. The van der Waals surface area contributed by atoms with E-state index in [1.165, 1.54) is 6.39 Å². The highest BCUT2D eigenvalue weighted by molar-refractivity contribution is 5.94. The third-order valence-corrected chi connectivity index (χ3v) is 4.22. The Labute approximate surface area is 140 Å². The third kappa shape index (κ3) is 3.48. The molecule has 1 aliphatic heterocycles. The monoisotopic (exact) mass is 327 g/mol. The van der Waals surface area contributed by atoms with Gasteiger partial charge < -0.3 is 14.6 Å². The van der Waals surface area contributed by atoms with Crippen molar-refractivity contribution in [2.45, 2.75) is 32.7 Å². The van der Waals surface area contributed by atoms with Crippen LogP contribution < -0.4 is 5.32 Å². The van der Waals surface area contributed by atoms with Crippen molar-refractivity contribution in [2.24, 2.45) is 0 Å². The summed E-state index contributed by atoms with van der Waals surface area (Å²) in [7, 11) is 0. The van der Waals surface area contributed by atoms with Crippen molar-refractivity contribution < 1.29 is 14.0 Å². The van der Waals surface area contributed by atoms with Crippen molar-refractivity contribution in [3.05, 3.63) is 53.2 Å². The van der Waals surface area contributed by atoms with E-state index >= 15 is 0 Å². The van der Waals surface area contributed by atoms with Crippen molar-refractivity contribution in [1.82, 2.24) is 15.2 Å². The van der Waals surface area contributed by atoms with E-state index < -0.39 is 0 Å². The van der Waals surface area contributed by atoms with Crippen molar-refractivity contribution in [3.8, 4) is 0 Å². The van der Waals surface area contributed by atoms with Crippen LogP contribution in [0, 0.1) is 0 Å². The quantitative estimate of drug-likeness (QED) is 0.915. The summed E-state index contributed by atoms with van der Waals surface area (Å²) in [5.74, 6) is 0.412. The number of likely N-dealkylation sites (tertiary alicyclic amines) is 1. The van der Waals surface area contributed by atoms with Crippen LogP contribution in [-0.2, 0) is 13.0 Å². The number of hydrogen-bond donors (Lipinski definition) is 1. The van der Waals surface area contributed by atoms with Gasteiger partial charge in [-0.25, -0.2) is 4.98 Å². The van der Waals surface area contributed by atoms with Gasteiger partial charge in [-0.15, -0.1) is 0 Å². The number of benzene rings is 1. The van der Waals surface area contributed by atoms with E-state index in [4.69, 9.17) is 4.42 Å². The Bertz CT molecular complexity index is 715. The second kappa shape index (κ2) is 7.29. The number of carbonyl (C=O) groups is 2. The molecule has 2 heterocycles. The van der Waals surface area contributed by atoms with Gasteiger partial charge in [-0.3, -0.25) is 9.59 Å². The van der Waals surface area contributed by atoms with Crippen LogP contribution in [0.1, 0.15) is 51.9 Å². The minimum absolute atomic E-state index is 0.0817. The van der Waals surface area contributed by atoms with Gasteiger partial charge in [0.25, 0.3) is 11.8 Å². The summed E-state index contributed by atoms with van der Waals surface area (Å²) in [5.41, 5.74) is 1.96. The molecule has 2 amide bonds. The van der Waals surface area contributed by atoms with Gasteiger partial charge in [-0.05, 0) is 30.5 Å². The molecular weight excluding hydrogens is 306 g/mol. The maximum atomic E-state index is 12.3. The first kappa shape index (κ1) is 16.2. The molecule has 0 spiro atoms. The number of nitrogens with zero attached hydrogens (tertiary/aromatic N) is 2. The van der Waals surface area contributed by atoms with Gasteiger partial charge in [0.05, 0.1) is 0 Å². The lowest BCUT2D eigenvalue weighted by molar-refractivity contribution is 0.0792. The summed E-state index contributed by atoms with van der Waals surface area (Å²) in [6.07, 6.45) is 4.07. The fourth-order valence-corrected chi connectivity index (χ4v) is 2.84. The smallest absolute Gasteiger partial charge is 0.273 e. The number of rotatable bonds is 5. The van der Waals surface area contributed by atoms with E-state index in [-0.39, 0.29) is 11.8 Å². The highest BCUT2D eigenvalue weighted by atomic mass is 16.3. The van der Waals surface area contributed by atoms with Crippen LogP contribution in [0.4, 0.5) is 0 Å². The standard InChI is InChI=1S/C18H21N3O3/c1-2-15-16(20-12-24-15)17(22)19-11-13-5-7-14(8-6-13)18(23)21-9-3-4-10-21/h5-8,12H,2-4,9-11H2,1H3,(H,19,22). The number of oxazole rings is 1. The molecule has 1 aromatic heterocycles. The predicted molar refractivity (Wildman–Crippen MR) is 88.6 cm³/mol. The minimum Gasteiger partial charge on any atom is -0.448 e. The summed E-state index contributed by atoms with van der Waals surface area (Å²) >= 11 is 0. The maximum Gasteiger partial charge on any atom is 0.273 e. The largest absolute Gasteiger partial charge is 0.448 e. The Kier molecular flexibility index (Phi) is 4.93. The Balaban J connectivity index is 1.58. The molecule has 1 aliphatic rings. The fourth-order valence-electron chi connectivity index (χ4n) is 2.84. The summed E-state index contributed by atoms with van der Waals surface area (Å²) in [6.45, 7) is 3.97. The third-order valence-electron chi connectivity index (χ3n) is 4.22. The molecule has 3 rings (SSSR count). The number of aromatic nitrogens is 1. The summed E-state index contributed by atoms with van der Waals surface area (Å²) < 4.78 is 5.16. The lowest BCUT2D eigenvalue weighted by Gasteiger charge is -2.15. The molecule has 0 aliphatic carbocycles. The van der Waals surface area contributed by atoms with Crippen LogP contribution >= 0.6 is 0 Å². The normalized spacial score (nSPS) is 14.0. The number of hydrogen-bond acceptors (Lipinski definition) is 4. The zero-order valence-corrected chi connectivity index (χ0v) is 13.7. The van der Waals surface area contributed by atoms with E-state index in [0.717, 1.165) is 31.5 Å². The van der Waals surface area contributed by atoms with E-state index in [1.54, 1.807) is 0 Å². The second-order valence-electron chi connectivity index (χ2n) is 5.86. The van der Waals surface area contributed by atoms with Crippen LogP contribution in [0.3, 0.4) is 0 Å². The molecule has 1 aromatic carbocycles. The van der Waals surface area contributed by atoms with Gasteiger partial charge in [0.15, 0.2) is 12.1 Å². The van der Waals surface area contributed by atoms with E-state index in [2.05, 4.69) is 10.3 Å². The van der Waals surface area contributed by atoms with E-state index in [1.807, 2.05) is 36.1 Å². The first-order chi connectivity index (χ1) is 11.7. The number of amides is 2. The van der Waals surface area contributed by atoms with Crippen LogP contribution in [0.2, 0.25) is 0 Å². The molecule has 0 saturated carbocycles. The zero-order chi connectivity index (χ0) is 16.9. The van der Waals surface area contributed by atoms with Crippen LogP contribution in [0.25, 0.3) is 0 Å². The molecule has 2 aromatic rings. The minimum atomic E-state index is -0.252. The first-order valence-corrected chi connectivity index (χ1v) is 8.28. The Morgan fingerprint density at radius 3 is 2.58 bits per heavy atom. The molecule has 0 unspecified atom stereocenters. The SMILES string of the molecule is CCc1ocnc1C(=O)NCc1ccc(C(=O)N2CCCC2)cc1. The van der Waals surface area contributed by atoms with Gasteiger partial charge in [0.1, 0.15) is 5.76 Å². The number of carbonyl (C=O) groups excluding carboxylic acids is 2. The Hall–Kier alpha value is -2.63. The Morgan fingerprint density at radius 1 is 1.21 bits per heavy atom. The maximum absolute atomic E-state index is 12.3. The second-order valence-corrected chi connectivity index (χ2v) is 5.86. The van der Waals surface area contributed by atoms with E-state index in [0.29, 0.717) is 30.0 Å². The van der Waals surface area contributed by atoms with Gasteiger partial charge in [-0.1, -0.05) is 19.1 Å². The summed E-state index contributed by atoms with van der Waals surface area (Å²) in [6, 6.07) is 7.37. The summed E-state index contributed by atoms with van der Waals surface area (Å²) in [5, 5.41) is 2.82. The van der Waals surface area contributed by atoms with Gasteiger partial charge in [-0.2, -0.15) is 0 Å². The number of nitrogens with one attached hydrogen (secondary N) is 1. The molecule has 0 radical (unpaired) electrons. The molecule has 1 fully saturated rings. The molecule has 6 heteroatoms. The van der Waals surface area contributed by atoms with Crippen LogP contribution in [-0.4, -0.2) is 34.8 Å². The van der Waals surface area contributed by atoms with E-state index in [9.17, 15) is 9.59 Å². The molecule has 0 atom stereocenters. The van der Waals surface area contributed by atoms with Gasteiger partial charge >= 0.3 is 0 Å². The van der Waals surface area contributed by atoms with Crippen molar-refractivity contribution in [1.29, 1.82) is 0 Å². The Morgan fingerprint density at radius 2 is 1.92 bits per heavy atom. The first-order valence-electron chi connectivity index (χ1n) is 8.28. The lowest BCUT2D eigenvalue weighted by Crippen LogP contribution is -2.27. The average Bonchev–Trinajstić information content (AvgIpc) is 3.30. The highest BCUT2D eigenvalue weighted by Crippen LogP contribution is 2.14. The van der Waals surface area contributed by atoms with Crippen molar-refractivity contribution >= 4 is 11.8 Å². The van der Waals surface area contributed by atoms with Crippen molar-refractivity contribution in [2.75, 3.05) is 13.1 Å². The summed E-state index contributed by atoms with van der Waals surface area (Å²) in [4.78, 5) is 30.2. The van der Waals surface area contributed by atoms with Crippen molar-refractivity contribution in [3.63, 3.8) is 0 Å². The van der Waals surface area contributed by atoms with Crippen LogP contribution in [0.5, 0.6) is 0 Å². The highest BCUT2D eigenvalue weighted by Gasteiger charge is 2.19. The lowest BCUT2D eigenvalue weighted by atomic mass is 10.1. The molecule has 24 heavy (non-hydrogen) atoms. The fraction of sp³-hybridized carbons (Fsp3) is 0.389. The number of aryl methyl sites for hydroxylation is 1. The molecule has 1 N–H and O–H groups in total. The average molecular weight is 327 g/mol. The van der Waals surface area contributed by atoms with Gasteiger partial charge in [0.2, 0.25) is 0 Å². The zero-order valence-electron chi connectivity index (χ0n) is 13.7. The topological polar surface area (TPSA) is 75.4 Å². The van der Waals surface area contributed by atoms with Gasteiger partial charge in [0, 0.05) is 31.6 Å². The molecule has 0 bridgehead atoms. The molecule has 6 nitrogen and oxygen atoms in total. The predicted octanol–water partition coefficient (Wildman–Crippen LogP) is 2.40. The molecule has 126 valence electrons. The molecule has 1 saturated heterocycles. The van der Waals surface area contributed by atoms with Crippen LogP contribution in [0.15, 0.2) is 35.1 Å².